The van der Waals surface area contributed by atoms with Gasteiger partial charge in [0.1, 0.15) is 6.04 Å². The number of hydrogen-bond acceptors (Lipinski definition) is 3. The van der Waals surface area contributed by atoms with E-state index in [1.165, 1.54) is 0 Å². The van der Waals surface area contributed by atoms with Crippen LogP contribution in [0.1, 0.15) is 20.3 Å². The van der Waals surface area contributed by atoms with Gasteiger partial charge in [-0.3, -0.25) is 9.59 Å². The van der Waals surface area contributed by atoms with Gasteiger partial charge < -0.3 is 20.2 Å². The fourth-order valence-corrected chi connectivity index (χ4v) is 2.72. The number of amides is 3. The molecule has 7 heteroatoms. The average molecular weight is 283 g/mol. The maximum atomic E-state index is 12.4. The van der Waals surface area contributed by atoms with Gasteiger partial charge in [-0.2, -0.15) is 0 Å². The lowest BCUT2D eigenvalue weighted by molar-refractivity contribution is -0.145. The quantitative estimate of drug-likeness (QED) is 0.761. The second-order valence-electron chi connectivity index (χ2n) is 5.48. The van der Waals surface area contributed by atoms with E-state index in [9.17, 15) is 14.4 Å². The maximum absolute atomic E-state index is 12.4. The Bertz CT molecular complexity index is 420. The van der Waals surface area contributed by atoms with Gasteiger partial charge in [0.2, 0.25) is 5.91 Å². The molecule has 0 saturated carbocycles. The molecule has 0 aromatic rings. The largest absolute Gasteiger partial charge is 0.481 e. The standard InChI is InChI=1S/C13H21N3O4/c1-3-10-11(17)14-4-5-16(10)13(20)15-6-9(7-15)8(2)12(18)19/h8-10H,3-7H2,1-2H3,(H,14,17)(H,18,19). The molecule has 2 N–H and O–H groups in total. The van der Waals surface area contributed by atoms with Crippen molar-refractivity contribution in [2.45, 2.75) is 26.3 Å². The first-order chi connectivity index (χ1) is 9.45. The molecule has 0 spiro atoms. The second-order valence-corrected chi connectivity index (χ2v) is 5.48. The minimum Gasteiger partial charge on any atom is -0.481 e. The van der Waals surface area contributed by atoms with Crippen molar-refractivity contribution in [2.75, 3.05) is 26.2 Å². The smallest absolute Gasteiger partial charge is 0.320 e. The zero-order valence-corrected chi connectivity index (χ0v) is 11.8. The Kier molecular flexibility index (Phi) is 4.15. The van der Waals surface area contributed by atoms with E-state index >= 15 is 0 Å². The molecule has 0 aromatic heterocycles. The summed E-state index contributed by atoms with van der Waals surface area (Å²) in [5, 5.41) is 11.7. The van der Waals surface area contributed by atoms with Crippen LogP contribution >= 0.6 is 0 Å². The van der Waals surface area contributed by atoms with E-state index in [0.29, 0.717) is 32.6 Å². The van der Waals surface area contributed by atoms with Crippen molar-refractivity contribution in [2.24, 2.45) is 11.8 Å². The van der Waals surface area contributed by atoms with Gasteiger partial charge in [0.25, 0.3) is 0 Å². The molecule has 0 bridgehead atoms. The predicted molar refractivity (Wildman–Crippen MR) is 71.1 cm³/mol. The number of nitrogens with one attached hydrogen (secondary N) is 1. The minimum absolute atomic E-state index is 0.00939. The lowest BCUT2D eigenvalue weighted by atomic mass is 9.87. The monoisotopic (exact) mass is 283 g/mol. The van der Waals surface area contributed by atoms with Crippen LogP contribution in [-0.4, -0.2) is 65.0 Å². The fraction of sp³-hybridized carbons (Fsp3) is 0.769. The van der Waals surface area contributed by atoms with Crippen molar-refractivity contribution in [3.8, 4) is 0 Å². The van der Waals surface area contributed by atoms with Gasteiger partial charge >= 0.3 is 12.0 Å². The van der Waals surface area contributed by atoms with Crippen LogP contribution in [0.15, 0.2) is 0 Å². The van der Waals surface area contributed by atoms with Crippen molar-refractivity contribution >= 4 is 17.9 Å². The lowest BCUT2D eigenvalue weighted by Gasteiger charge is -2.45. The number of nitrogens with zero attached hydrogens (tertiary/aromatic N) is 2. The fourth-order valence-electron chi connectivity index (χ4n) is 2.72. The van der Waals surface area contributed by atoms with E-state index in [4.69, 9.17) is 5.11 Å². The molecule has 0 aliphatic carbocycles. The molecule has 2 aliphatic rings. The first-order valence-corrected chi connectivity index (χ1v) is 7.01. The van der Waals surface area contributed by atoms with E-state index in [1.54, 1.807) is 16.7 Å². The Hall–Kier alpha value is -1.79. The molecule has 20 heavy (non-hydrogen) atoms. The topological polar surface area (TPSA) is 90.0 Å². The number of carbonyl (C=O) groups excluding carboxylic acids is 2. The van der Waals surface area contributed by atoms with Crippen LogP contribution in [-0.2, 0) is 9.59 Å². The summed E-state index contributed by atoms with van der Waals surface area (Å²) in [7, 11) is 0. The Morgan fingerprint density at radius 2 is 2.10 bits per heavy atom. The molecule has 2 unspecified atom stereocenters. The number of carboxylic acids is 1. The van der Waals surface area contributed by atoms with Crippen LogP contribution in [0.5, 0.6) is 0 Å². The van der Waals surface area contributed by atoms with Crippen LogP contribution in [0.2, 0.25) is 0 Å². The summed E-state index contributed by atoms with van der Waals surface area (Å²) in [6.07, 6.45) is 0.584. The molecule has 3 amide bonds. The van der Waals surface area contributed by atoms with E-state index in [-0.39, 0.29) is 17.9 Å². The van der Waals surface area contributed by atoms with E-state index < -0.39 is 17.9 Å². The van der Waals surface area contributed by atoms with E-state index in [1.807, 2.05) is 6.92 Å². The summed E-state index contributed by atoms with van der Waals surface area (Å²) in [4.78, 5) is 38.2. The summed E-state index contributed by atoms with van der Waals surface area (Å²) in [5.74, 6) is -1.37. The summed E-state index contributed by atoms with van der Waals surface area (Å²) in [6, 6.07) is -0.562. The Morgan fingerprint density at radius 3 is 2.65 bits per heavy atom. The normalized spacial score (nSPS) is 24.9. The molecular weight excluding hydrogens is 262 g/mol. The molecule has 112 valence electrons. The predicted octanol–water partition coefficient (Wildman–Crippen LogP) is -0.0307. The van der Waals surface area contributed by atoms with Crippen LogP contribution in [0, 0.1) is 11.8 Å². The molecule has 2 aliphatic heterocycles. The number of carboxylic acid groups (broad SMARTS) is 1. The van der Waals surface area contributed by atoms with Crippen molar-refractivity contribution in [1.82, 2.24) is 15.1 Å². The van der Waals surface area contributed by atoms with Crippen molar-refractivity contribution in [1.29, 1.82) is 0 Å². The first kappa shape index (κ1) is 14.6. The van der Waals surface area contributed by atoms with Gasteiger partial charge in [-0.15, -0.1) is 0 Å². The minimum atomic E-state index is -0.828. The highest BCUT2D eigenvalue weighted by molar-refractivity contribution is 5.88. The van der Waals surface area contributed by atoms with Gasteiger partial charge in [0.05, 0.1) is 5.92 Å². The molecule has 7 nitrogen and oxygen atoms in total. The second kappa shape index (κ2) is 5.68. The van der Waals surface area contributed by atoms with Crippen LogP contribution < -0.4 is 5.32 Å². The summed E-state index contributed by atoms with van der Waals surface area (Å²) >= 11 is 0. The van der Waals surface area contributed by atoms with E-state index in [2.05, 4.69) is 5.32 Å². The molecule has 0 radical (unpaired) electrons. The third-order valence-electron chi connectivity index (χ3n) is 4.24. The molecule has 2 rings (SSSR count). The molecule has 2 atom stereocenters. The number of piperazine rings is 1. The highest BCUT2D eigenvalue weighted by Gasteiger charge is 2.41. The van der Waals surface area contributed by atoms with Gasteiger partial charge in [-0.05, 0) is 6.42 Å². The first-order valence-electron chi connectivity index (χ1n) is 7.01. The SMILES string of the molecule is CCC1C(=O)NCCN1C(=O)N1CC(C(C)C(=O)O)C1. The Labute approximate surface area is 117 Å². The van der Waals surface area contributed by atoms with Crippen molar-refractivity contribution in [3.63, 3.8) is 0 Å². The van der Waals surface area contributed by atoms with Crippen LogP contribution in [0.4, 0.5) is 4.79 Å². The molecule has 0 aromatic carbocycles. The van der Waals surface area contributed by atoms with Gasteiger partial charge in [0, 0.05) is 32.1 Å². The zero-order valence-electron chi connectivity index (χ0n) is 11.8. The number of likely N-dealkylation sites (tertiary alicyclic amines) is 1. The highest BCUT2D eigenvalue weighted by atomic mass is 16.4. The van der Waals surface area contributed by atoms with Gasteiger partial charge in [-0.25, -0.2) is 4.79 Å². The molecule has 2 heterocycles. The third kappa shape index (κ3) is 2.57. The van der Waals surface area contributed by atoms with Gasteiger partial charge in [-0.1, -0.05) is 13.8 Å². The van der Waals surface area contributed by atoms with Crippen LogP contribution in [0.3, 0.4) is 0 Å². The Balaban J connectivity index is 1.93. The van der Waals surface area contributed by atoms with E-state index in [0.717, 1.165) is 0 Å². The van der Waals surface area contributed by atoms with Crippen molar-refractivity contribution < 1.29 is 19.5 Å². The third-order valence-corrected chi connectivity index (χ3v) is 4.24. The molecular formula is C13H21N3O4. The summed E-state index contributed by atoms with van der Waals surface area (Å²) in [5.41, 5.74) is 0. The Morgan fingerprint density at radius 1 is 1.45 bits per heavy atom. The average Bonchev–Trinajstić information content (AvgIpc) is 2.36. The molecule has 2 fully saturated rings. The number of carbonyl (C=O) groups is 3. The maximum Gasteiger partial charge on any atom is 0.320 e. The highest BCUT2D eigenvalue weighted by Crippen LogP contribution is 2.26. The van der Waals surface area contributed by atoms with Gasteiger partial charge in [0.15, 0.2) is 0 Å². The van der Waals surface area contributed by atoms with Crippen molar-refractivity contribution in [3.05, 3.63) is 0 Å². The number of hydrogen-bond donors (Lipinski definition) is 2. The number of urea groups is 1. The molecule has 2 saturated heterocycles. The summed E-state index contributed by atoms with van der Waals surface area (Å²) < 4.78 is 0. The zero-order chi connectivity index (χ0) is 14.9. The number of rotatable bonds is 3. The number of aliphatic carboxylic acids is 1. The summed E-state index contributed by atoms with van der Waals surface area (Å²) in [6.45, 7) is 5.45. The lowest BCUT2D eigenvalue weighted by Crippen LogP contribution is -2.64. The van der Waals surface area contributed by atoms with Crippen LogP contribution in [0.25, 0.3) is 0 Å².